The maximum Gasteiger partial charge on any atom is 0.135 e. The van der Waals surface area contributed by atoms with Crippen LogP contribution in [0, 0.1) is 13.8 Å². The summed E-state index contributed by atoms with van der Waals surface area (Å²) in [7, 11) is 1.77. The minimum atomic E-state index is 0.299. The Balaban J connectivity index is 1.69. The topological polar surface area (TPSA) is 64.4 Å². The normalized spacial score (nSPS) is 15.7. The lowest BCUT2D eigenvalue weighted by atomic mass is 10.0. The van der Waals surface area contributed by atoms with E-state index in [4.69, 9.17) is 19.4 Å². The van der Waals surface area contributed by atoms with Crippen LogP contribution in [0.1, 0.15) is 56.0 Å². The molecule has 0 radical (unpaired) electrons. The van der Waals surface area contributed by atoms with Crippen LogP contribution < -0.4 is 5.32 Å². The number of hydrogen-bond acceptors (Lipinski definition) is 6. The lowest BCUT2D eigenvalue weighted by molar-refractivity contribution is 0.0398. The Hall–Kier alpha value is -2.48. The molecule has 7 heteroatoms. The molecular weight excluding hydrogens is 438 g/mol. The molecule has 0 amide bonds. The standard InChI is InChI=1S/C28H41N5O2/c1-7-22(18-34-6)33-17-21(5)27-25(33)16-20(4)26(31-27)23-8-9-24(19(2)3)30-28(23)29-10-11-32-12-14-35-15-13-32/h8-9,16-17,19,22H,7,10-15,18H2,1-6H3,(H,29,30)/t22-/m1/s1. The first kappa shape index (κ1) is 25.6. The van der Waals surface area contributed by atoms with Crippen molar-refractivity contribution in [3.63, 3.8) is 0 Å². The van der Waals surface area contributed by atoms with Gasteiger partial charge in [0.25, 0.3) is 0 Å². The van der Waals surface area contributed by atoms with Gasteiger partial charge in [0.1, 0.15) is 5.82 Å². The summed E-state index contributed by atoms with van der Waals surface area (Å²) in [5.74, 6) is 1.28. The number of pyridine rings is 2. The lowest BCUT2D eigenvalue weighted by Gasteiger charge is -2.26. The fourth-order valence-electron chi connectivity index (χ4n) is 4.87. The van der Waals surface area contributed by atoms with Crippen LogP contribution in [0.3, 0.4) is 0 Å². The van der Waals surface area contributed by atoms with Crippen molar-refractivity contribution < 1.29 is 9.47 Å². The number of fused-ring (bicyclic) bond motifs is 1. The lowest BCUT2D eigenvalue weighted by Crippen LogP contribution is -2.39. The highest BCUT2D eigenvalue weighted by molar-refractivity contribution is 5.86. The zero-order valence-corrected chi connectivity index (χ0v) is 22.2. The third kappa shape index (κ3) is 5.68. The van der Waals surface area contributed by atoms with Gasteiger partial charge in [-0.3, -0.25) is 4.90 Å². The van der Waals surface area contributed by atoms with Crippen LogP contribution in [0.2, 0.25) is 0 Å². The van der Waals surface area contributed by atoms with Crippen LogP contribution in [0.4, 0.5) is 5.82 Å². The van der Waals surface area contributed by atoms with Gasteiger partial charge in [0.2, 0.25) is 0 Å². The Labute approximate surface area is 209 Å². The molecule has 0 aromatic carbocycles. The van der Waals surface area contributed by atoms with E-state index >= 15 is 0 Å². The molecule has 1 aliphatic heterocycles. The number of ether oxygens (including phenoxy) is 2. The van der Waals surface area contributed by atoms with E-state index in [9.17, 15) is 0 Å². The molecule has 190 valence electrons. The Kier molecular flexibility index (Phi) is 8.42. The largest absolute Gasteiger partial charge is 0.383 e. The molecule has 1 atom stereocenters. The molecule has 4 heterocycles. The quantitative estimate of drug-likeness (QED) is 0.432. The first-order valence-electron chi connectivity index (χ1n) is 13.0. The molecule has 1 aliphatic rings. The molecule has 3 aromatic rings. The van der Waals surface area contributed by atoms with E-state index in [1.54, 1.807) is 7.11 Å². The Morgan fingerprint density at radius 1 is 1.11 bits per heavy atom. The average Bonchev–Trinajstić information content (AvgIpc) is 3.17. The fraction of sp³-hybridized carbons (Fsp3) is 0.571. The van der Waals surface area contributed by atoms with Gasteiger partial charge in [0.05, 0.1) is 42.6 Å². The van der Waals surface area contributed by atoms with E-state index in [0.29, 0.717) is 18.6 Å². The number of rotatable bonds is 10. The molecule has 0 unspecified atom stereocenters. The highest BCUT2D eigenvalue weighted by Gasteiger charge is 2.19. The number of aryl methyl sites for hydroxylation is 2. The molecule has 35 heavy (non-hydrogen) atoms. The molecule has 1 N–H and O–H groups in total. The van der Waals surface area contributed by atoms with E-state index < -0.39 is 0 Å². The molecule has 0 aliphatic carbocycles. The predicted octanol–water partition coefficient (Wildman–Crippen LogP) is 5.18. The molecule has 1 saturated heterocycles. The molecule has 1 fully saturated rings. The van der Waals surface area contributed by atoms with Gasteiger partial charge in [-0.05, 0) is 55.5 Å². The highest BCUT2D eigenvalue weighted by Crippen LogP contribution is 2.34. The second kappa shape index (κ2) is 11.5. The molecule has 0 spiro atoms. The van der Waals surface area contributed by atoms with Crippen molar-refractivity contribution in [3.05, 3.63) is 41.2 Å². The van der Waals surface area contributed by atoms with Crippen LogP contribution in [-0.4, -0.2) is 72.5 Å². The minimum Gasteiger partial charge on any atom is -0.383 e. The minimum absolute atomic E-state index is 0.299. The molecule has 7 nitrogen and oxygen atoms in total. The van der Waals surface area contributed by atoms with Gasteiger partial charge in [-0.1, -0.05) is 20.8 Å². The zero-order valence-electron chi connectivity index (χ0n) is 22.2. The third-order valence-corrected chi connectivity index (χ3v) is 6.99. The fourth-order valence-corrected chi connectivity index (χ4v) is 4.87. The van der Waals surface area contributed by atoms with Crippen molar-refractivity contribution in [2.75, 3.05) is 58.4 Å². The Bertz CT molecular complexity index is 1130. The maximum atomic E-state index is 5.49. The van der Waals surface area contributed by atoms with E-state index in [2.05, 4.69) is 73.8 Å². The number of anilines is 1. The van der Waals surface area contributed by atoms with Crippen LogP contribution in [0.5, 0.6) is 0 Å². The van der Waals surface area contributed by atoms with E-state index in [1.165, 1.54) is 11.1 Å². The summed E-state index contributed by atoms with van der Waals surface area (Å²) in [6.45, 7) is 17.0. The van der Waals surface area contributed by atoms with Gasteiger partial charge in [-0.2, -0.15) is 0 Å². The van der Waals surface area contributed by atoms with E-state index in [-0.39, 0.29) is 0 Å². The predicted molar refractivity (Wildman–Crippen MR) is 143 cm³/mol. The van der Waals surface area contributed by atoms with Crippen LogP contribution in [0.15, 0.2) is 24.4 Å². The van der Waals surface area contributed by atoms with Crippen molar-refractivity contribution in [2.45, 2.75) is 53.0 Å². The van der Waals surface area contributed by atoms with Gasteiger partial charge in [0, 0.05) is 50.7 Å². The number of nitrogens with one attached hydrogen (secondary N) is 1. The van der Waals surface area contributed by atoms with E-state index in [1.807, 2.05) is 0 Å². The van der Waals surface area contributed by atoms with Crippen molar-refractivity contribution in [3.8, 4) is 11.3 Å². The van der Waals surface area contributed by atoms with Gasteiger partial charge in [-0.25, -0.2) is 9.97 Å². The van der Waals surface area contributed by atoms with Gasteiger partial charge in [-0.15, -0.1) is 0 Å². The smallest absolute Gasteiger partial charge is 0.135 e. The maximum absolute atomic E-state index is 5.49. The number of methoxy groups -OCH3 is 1. The van der Waals surface area contributed by atoms with Crippen LogP contribution in [0.25, 0.3) is 22.3 Å². The molecule has 4 rings (SSSR count). The van der Waals surface area contributed by atoms with Crippen LogP contribution in [-0.2, 0) is 9.47 Å². The first-order chi connectivity index (χ1) is 16.9. The molecular formula is C28H41N5O2. The molecule has 3 aromatic heterocycles. The summed E-state index contributed by atoms with van der Waals surface area (Å²) in [6, 6.07) is 6.90. The summed E-state index contributed by atoms with van der Waals surface area (Å²) in [6.07, 6.45) is 3.23. The summed E-state index contributed by atoms with van der Waals surface area (Å²) < 4.78 is 13.3. The monoisotopic (exact) mass is 479 g/mol. The number of morpholine rings is 1. The molecule has 0 saturated carbocycles. The number of nitrogens with zero attached hydrogens (tertiary/aromatic N) is 4. The third-order valence-electron chi connectivity index (χ3n) is 6.99. The van der Waals surface area contributed by atoms with Gasteiger partial charge < -0.3 is 19.4 Å². The van der Waals surface area contributed by atoms with Crippen molar-refractivity contribution in [1.29, 1.82) is 0 Å². The van der Waals surface area contributed by atoms with Gasteiger partial charge in [0.15, 0.2) is 0 Å². The van der Waals surface area contributed by atoms with Gasteiger partial charge >= 0.3 is 0 Å². The SMILES string of the molecule is CC[C@H](COC)n1cc(C)c2nc(-c3ccc(C(C)C)nc3NCCN3CCOCC3)c(C)cc21. The first-order valence-corrected chi connectivity index (χ1v) is 13.0. The summed E-state index contributed by atoms with van der Waals surface area (Å²) >= 11 is 0. The Morgan fingerprint density at radius 3 is 2.57 bits per heavy atom. The summed E-state index contributed by atoms with van der Waals surface area (Å²) in [5.41, 5.74) is 7.70. The zero-order chi connectivity index (χ0) is 24.9. The molecule has 0 bridgehead atoms. The second-order valence-electron chi connectivity index (χ2n) is 9.93. The van der Waals surface area contributed by atoms with Crippen LogP contribution >= 0.6 is 0 Å². The Morgan fingerprint density at radius 2 is 1.89 bits per heavy atom. The average molecular weight is 480 g/mol. The number of hydrogen-bond donors (Lipinski definition) is 1. The summed E-state index contributed by atoms with van der Waals surface area (Å²) in [4.78, 5) is 12.7. The van der Waals surface area contributed by atoms with Crippen molar-refractivity contribution in [2.24, 2.45) is 0 Å². The number of aromatic nitrogens is 3. The highest BCUT2D eigenvalue weighted by atomic mass is 16.5. The van der Waals surface area contributed by atoms with Crippen molar-refractivity contribution >= 4 is 16.9 Å². The second-order valence-corrected chi connectivity index (χ2v) is 9.93. The van der Waals surface area contributed by atoms with E-state index in [0.717, 1.165) is 79.7 Å². The van der Waals surface area contributed by atoms with Crippen molar-refractivity contribution in [1.82, 2.24) is 19.4 Å². The summed E-state index contributed by atoms with van der Waals surface area (Å²) in [5, 5.41) is 3.64.